The van der Waals surface area contributed by atoms with Crippen molar-refractivity contribution < 1.29 is 4.39 Å². The van der Waals surface area contributed by atoms with Crippen LogP contribution in [0.25, 0.3) is 0 Å². The van der Waals surface area contributed by atoms with E-state index in [0.717, 1.165) is 0 Å². The normalized spacial score (nSPS) is 18.2. The molecule has 0 atom stereocenters. The van der Waals surface area contributed by atoms with Crippen LogP contribution in [0.2, 0.25) is 0 Å². The van der Waals surface area contributed by atoms with E-state index in [4.69, 9.17) is 5.73 Å². The molecule has 1 aromatic rings. The number of halogens is 3. The molecular formula is C9H11BrClFN2. The number of rotatable bonds is 1. The maximum Gasteiger partial charge on any atom is 0.142 e. The highest BCUT2D eigenvalue weighted by molar-refractivity contribution is 9.10. The Hall–Kier alpha value is -0.160. The van der Waals surface area contributed by atoms with Gasteiger partial charge in [-0.2, -0.15) is 0 Å². The van der Waals surface area contributed by atoms with Crippen LogP contribution in [0.15, 0.2) is 22.7 Å². The molecule has 0 amide bonds. The maximum atomic E-state index is 13.6. The molecule has 5 heteroatoms. The van der Waals surface area contributed by atoms with Crippen molar-refractivity contribution in [3.63, 3.8) is 0 Å². The standard InChI is InChI=1S/C9H10BrFN2.ClH/c10-7-3-1-2-6(8(7)11)9(12)4-13-5-9;/h1-3,13H,4-5,12H2;1H. The Morgan fingerprint density at radius 1 is 1.43 bits per heavy atom. The average molecular weight is 282 g/mol. The monoisotopic (exact) mass is 280 g/mol. The van der Waals surface area contributed by atoms with Crippen LogP contribution in [0.1, 0.15) is 5.56 Å². The van der Waals surface area contributed by atoms with E-state index in [1.807, 2.05) is 0 Å². The molecule has 0 radical (unpaired) electrons. The third kappa shape index (κ3) is 1.80. The van der Waals surface area contributed by atoms with E-state index < -0.39 is 5.54 Å². The molecule has 0 saturated carbocycles. The van der Waals surface area contributed by atoms with Gasteiger partial charge >= 0.3 is 0 Å². The van der Waals surface area contributed by atoms with Crippen molar-refractivity contribution in [3.05, 3.63) is 34.1 Å². The average Bonchev–Trinajstić information content (AvgIpc) is 2.06. The van der Waals surface area contributed by atoms with Crippen LogP contribution in [-0.4, -0.2) is 13.1 Å². The van der Waals surface area contributed by atoms with Gasteiger partial charge in [0.1, 0.15) is 5.82 Å². The zero-order valence-corrected chi connectivity index (χ0v) is 9.79. The molecule has 3 N–H and O–H groups in total. The fourth-order valence-corrected chi connectivity index (χ4v) is 1.84. The summed E-state index contributed by atoms with van der Waals surface area (Å²) in [5, 5.41) is 3.04. The summed E-state index contributed by atoms with van der Waals surface area (Å²) in [4.78, 5) is 0. The minimum atomic E-state index is -0.520. The van der Waals surface area contributed by atoms with E-state index in [1.54, 1.807) is 18.2 Å². The van der Waals surface area contributed by atoms with Crippen molar-refractivity contribution in [1.82, 2.24) is 5.32 Å². The molecule has 1 aliphatic heterocycles. The molecular weight excluding hydrogens is 270 g/mol. The summed E-state index contributed by atoms with van der Waals surface area (Å²) in [5.74, 6) is -0.244. The Balaban J connectivity index is 0.000000980. The first-order valence-corrected chi connectivity index (χ1v) is 4.87. The number of nitrogens with two attached hydrogens (primary N) is 1. The van der Waals surface area contributed by atoms with Crippen molar-refractivity contribution in [2.24, 2.45) is 5.73 Å². The van der Waals surface area contributed by atoms with Crippen molar-refractivity contribution >= 4 is 28.3 Å². The highest BCUT2D eigenvalue weighted by atomic mass is 79.9. The summed E-state index contributed by atoms with van der Waals surface area (Å²) in [5.41, 5.74) is 6.03. The zero-order chi connectivity index (χ0) is 9.47. The Kier molecular flexibility index (Phi) is 3.53. The highest BCUT2D eigenvalue weighted by Gasteiger charge is 2.36. The van der Waals surface area contributed by atoms with Crippen LogP contribution in [0.3, 0.4) is 0 Å². The number of benzene rings is 1. The van der Waals surface area contributed by atoms with E-state index in [9.17, 15) is 4.39 Å². The van der Waals surface area contributed by atoms with Crippen LogP contribution in [0.4, 0.5) is 4.39 Å². The third-order valence-electron chi connectivity index (χ3n) is 2.37. The van der Waals surface area contributed by atoms with Gasteiger partial charge in [0.05, 0.1) is 10.0 Å². The van der Waals surface area contributed by atoms with E-state index in [1.165, 1.54) is 0 Å². The van der Waals surface area contributed by atoms with Crippen molar-refractivity contribution in [2.75, 3.05) is 13.1 Å². The van der Waals surface area contributed by atoms with Crippen LogP contribution >= 0.6 is 28.3 Å². The molecule has 1 saturated heterocycles. The summed E-state index contributed by atoms with van der Waals surface area (Å²) in [6.45, 7) is 1.28. The summed E-state index contributed by atoms with van der Waals surface area (Å²) in [7, 11) is 0. The van der Waals surface area contributed by atoms with Gasteiger partial charge in [0.2, 0.25) is 0 Å². The van der Waals surface area contributed by atoms with Crippen molar-refractivity contribution in [2.45, 2.75) is 5.54 Å². The summed E-state index contributed by atoms with van der Waals surface area (Å²) in [6.07, 6.45) is 0. The Morgan fingerprint density at radius 3 is 2.57 bits per heavy atom. The van der Waals surface area contributed by atoms with Gasteiger partial charge in [-0.05, 0) is 22.0 Å². The van der Waals surface area contributed by atoms with Gasteiger partial charge in [0.25, 0.3) is 0 Å². The molecule has 1 fully saturated rings. The number of hydrogen-bond donors (Lipinski definition) is 2. The second-order valence-corrected chi connectivity index (χ2v) is 4.22. The first-order valence-electron chi connectivity index (χ1n) is 4.07. The summed E-state index contributed by atoms with van der Waals surface area (Å²) < 4.78 is 14.0. The van der Waals surface area contributed by atoms with Gasteiger partial charge in [0.15, 0.2) is 0 Å². The molecule has 1 aromatic carbocycles. The van der Waals surface area contributed by atoms with Gasteiger partial charge < -0.3 is 11.1 Å². The van der Waals surface area contributed by atoms with Crippen molar-refractivity contribution in [1.29, 1.82) is 0 Å². The summed E-state index contributed by atoms with van der Waals surface area (Å²) in [6, 6.07) is 5.21. The lowest BCUT2D eigenvalue weighted by Crippen LogP contribution is -2.63. The van der Waals surface area contributed by atoms with Crippen LogP contribution < -0.4 is 11.1 Å². The Labute approximate surface area is 96.6 Å². The van der Waals surface area contributed by atoms with E-state index >= 15 is 0 Å². The van der Waals surface area contributed by atoms with Gasteiger partial charge in [0, 0.05) is 18.7 Å². The highest BCUT2D eigenvalue weighted by Crippen LogP contribution is 2.28. The van der Waals surface area contributed by atoms with Gasteiger partial charge in [-0.15, -0.1) is 12.4 Å². The first kappa shape index (κ1) is 11.9. The predicted octanol–water partition coefficient (Wildman–Crippen LogP) is 1.77. The molecule has 1 heterocycles. The minimum absolute atomic E-state index is 0. The molecule has 14 heavy (non-hydrogen) atoms. The minimum Gasteiger partial charge on any atom is -0.319 e. The fourth-order valence-electron chi connectivity index (χ4n) is 1.47. The van der Waals surface area contributed by atoms with Gasteiger partial charge in [-0.25, -0.2) is 4.39 Å². The number of nitrogens with one attached hydrogen (secondary N) is 1. The molecule has 0 spiro atoms. The molecule has 78 valence electrons. The smallest absolute Gasteiger partial charge is 0.142 e. The largest absolute Gasteiger partial charge is 0.319 e. The lowest BCUT2D eigenvalue weighted by molar-refractivity contribution is 0.277. The maximum absolute atomic E-state index is 13.6. The number of hydrogen-bond acceptors (Lipinski definition) is 2. The lowest BCUT2D eigenvalue weighted by atomic mass is 9.85. The van der Waals surface area contributed by atoms with Gasteiger partial charge in [-0.3, -0.25) is 0 Å². The van der Waals surface area contributed by atoms with E-state index in [2.05, 4.69) is 21.2 Å². The van der Waals surface area contributed by atoms with E-state index in [0.29, 0.717) is 23.1 Å². The lowest BCUT2D eigenvalue weighted by Gasteiger charge is -2.39. The van der Waals surface area contributed by atoms with Gasteiger partial charge in [-0.1, -0.05) is 12.1 Å². The molecule has 0 aliphatic carbocycles. The fraction of sp³-hybridized carbons (Fsp3) is 0.333. The molecule has 0 unspecified atom stereocenters. The quantitative estimate of drug-likeness (QED) is 0.823. The van der Waals surface area contributed by atoms with E-state index in [-0.39, 0.29) is 18.2 Å². The van der Waals surface area contributed by atoms with Crippen LogP contribution in [0.5, 0.6) is 0 Å². The third-order valence-corrected chi connectivity index (χ3v) is 2.98. The van der Waals surface area contributed by atoms with Crippen LogP contribution in [0, 0.1) is 5.82 Å². The second kappa shape index (κ2) is 4.14. The molecule has 2 rings (SSSR count). The molecule has 1 aliphatic rings. The molecule has 2 nitrogen and oxygen atoms in total. The topological polar surface area (TPSA) is 38.0 Å². The van der Waals surface area contributed by atoms with Crippen molar-refractivity contribution in [3.8, 4) is 0 Å². The second-order valence-electron chi connectivity index (χ2n) is 3.36. The molecule has 0 aromatic heterocycles. The first-order chi connectivity index (χ1) is 6.13. The SMILES string of the molecule is Cl.NC1(c2cccc(Br)c2F)CNC1. The predicted molar refractivity (Wildman–Crippen MR) is 60.1 cm³/mol. The zero-order valence-electron chi connectivity index (χ0n) is 7.39. The molecule has 0 bridgehead atoms. The Morgan fingerprint density at radius 2 is 2.07 bits per heavy atom. The Bertz CT molecular complexity index is 342. The van der Waals surface area contributed by atoms with Crippen LogP contribution in [-0.2, 0) is 5.54 Å². The summed E-state index contributed by atoms with van der Waals surface area (Å²) >= 11 is 3.14.